The first kappa shape index (κ1) is 18.0. The molecule has 2 aromatic rings. The van der Waals surface area contributed by atoms with E-state index < -0.39 is 5.97 Å². The van der Waals surface area contributed by atoms with Crippen LogP contribution in [0.15, 0.2) is 53.6 Å². The monoisotopic (exact) mass is 379 g/mol. The van der Waals surface area contributed by atoms with Crippen LogP contribution in [0.3, 0.4) is 0 Å². The smallest absolute Gasteiger partial charge is 0.243 e. The Bertz CT molecular complexity index is 926. The fraction of sp³-hybridized carbons (Fsp3) is 0.286. The fourth-order valence-corrected chi connectivity index (χ4v) is 3.42. The maximum atomic E-state index is 12.8. The number of amides is 1. The predicted octanol–water partition coefficient (Wildman–Crippen LogP) is 2.01. The second-order valence-corrected chi connectivity index (χ2v) is 6.71. The van der Waals surface area contributed by atoms with E-state index in [2.05, 4.69) is 5.10 Å². The summed E-state index contributed by atoms with van der Waals surface area (Å²) >= 11 is 0. The molecular formula is C21H19N2O5-. The van der Waals surface area contributed by atoms with Crippen molar-refractivity contribution in [1.29, 1.82) is 0 Å². The van der Waals surface area contributed by atoms with E-state index in [0.717, 1.165) is 16.8 Å². The average molecular weight is 379 g/mol. The lowest BCUT2D eigenvalue weighted by Crippen LogP contribution is -2.28. The molecule has 0 spiro atoms. The summed E-state index contributed by atoms with van der Waals surface area (Å²) in [5, 5.41) is 16.7. The Morgan fingerprint density at radius 1 is 1.07 bits per heavy atom. The standard InChI is InChI=1S/C21H20N2O5/c24-20(7-4-8-21(25)26)23-17(12-16(22-23)14-5-2-1-3-6-14)15-9-10-18-19(11-15)28-13-27-18/h1-3,5-6,9-11,17H,4,7-8,12-13H2,(H,25,26)/p-1. The van der Waals surface area contributed by atoms with Gasteiger partial charge in [0, 0.05) is 18.8 Å². The molecule has 144 valence electrons. The summed E-state index contributed by atoms with van der Waals surface area (Å²) in [7, 11) is 0. The summed E-state index contributed by atoms with van der Waals surface area (Å²) < 4.78 is 10.8. The average Bonchev–Trinajstić information content (AvgIpc) is 3.35. The van der Waals surface area contributed by atoms with Crippen LogP contribution in [0.1, 0.15) is 42.9 Å². The summed E-state index contributed by atoms with van der Waals surface area (Å²) in [6, 6.07) is 15.0. The van der Waals surface area contributed by atoms with Crippen molar-refractivity contribution in [2.75, 3.05) is 6.79 Å². The summed E-state index contributed by atoms with van der Waals surface area (Å²) in [5.74, 6) is -0.0438. The van der Waals surface area contributed by atoms with Crippen molar-refractivity contribution in [2.45, 2.75) is 31.7 Å². The molecule has 0 bridgehead atoms. The molecule has 7 nitrogen and oxygen atoms in total. The lowest BCUT2D eigenvalue weighted by Gasteiger charge is -2.22. The number of nitrogens with zero attached hydrogens (tertiary/aromatic N) is 2. The van der Waals surface area contributed by atoms with Crippen molar-refractivity contribution < 1.29 is 24.2 Å². The second-order valence-electron chi connectivity index (χ2n) is 6.71. The highest BCUT2D eigenvalue weighted by Crippen LogP contribution is 2.39. The number of carbonyl (C=O) groups is 2. The topological polar surface area (TPSA) is 91.3 Å². The Morgan fingerprint density at radius 2 is 1.86 bits per heavy atom. The Balaban J connectivity index is 1.60. The molecule has 2 aliphatic rings. The summed E-state index contributed by atoms with van der Waals surface area (Å²) in [5.41, 5.74) is 2.67. The number of carboxylic acid groups (broad SMARTS) is 1. The highest BCUT2D eigenvalue weighted by atomic mass is 16.7. The number of aliphatic carboxylic acids is 1. The van der Waals surface area contributed by atoms with Crippen LogP contribution in [0, 0.1) is 0 Å². The quantitative estimate of drug-likeness (QED) is 0.766. The number of hydrazone groups is 1. The van der Waals surface area contributed by atoms with E-state index in [4.69, 9.17) is 9.47 Å². The van der Waals surface area contributed by atoms with Gasteiger partial charge in [-0.3, -0.25) is 4.79 Å². The van der Waals surface area contributed by atoms with E-state index in [1.165, 1.54) is 5.01 Å². The zero-order chi connectivity index (χ0) is 19.5. The zero-order valence-corrected chi connectivity index (χ0v) is 15.2. The van der Waals surface area contributed by atoms with E-state index in [1.807, 2.05) is 48.5 Å². The van der Waals surface area contributed by atoms with Gasteiger partial charge in [0.05, 0.1) is 11.8 Å². The first-order chi connectivity index (χ1) is 13.6. The molecule has 0 aliphatic carbocycles. The normalized spacial score (nSPS) is 17.5. The SMILES string of the molecule is O=C([O-])CCCC(=O)N1N=C(c2ccccc2)CC1c1ccc2c(c1)OCO2. The minimum atomic E-state index is -1.16. The maximum Gasteiger partial charge on any atom is 0.243 e. The van der Waals surface area contributed by atoms with Gasteiger partial charge in [0.2, 0.25) is 12.7 Å². The third-order valence-corrected chi connectivity index (χ3v) is 4.83. The first-order valence-electron chi connectivity index (χ1n) is 9.16. The van der Waals surface area contributed by atoms with Crippen LogP contribution < -0.4 is 14.6 Å². The van der Waals surface area contributed by atoms with E-state index in [0.29, 0.717) is 17.9 Å². The molecule has 7 heteroatoms. The van der Waals surface area contributed by atoms with Gasteiger partial charge in [0.1, 0.15) is 0 Å². The van der Waals surface area contributed by atoms with Crippen molar-refractivity contribution in [2.24, 2.45) is 5.10 Å². The molecular weight excluding hydrogens is 360 g/mol. The molecule has 0 saturated heterocycles. The van der Waals surface area contributed by atoms with Gasteiger partial charge in [-0.2, -0.15) is 5.10 Å². The molecule has 2 aliphatic heterocycles. The van der Waals surface area contributed by atoms with E-state index >= 15 is 0 Å². The van der Waals surface area contributed by atoms with E-state index in [9.17, 15) is 14.7 Å². The molecule has 0 fully saturated rings. The minimum absolute atomic E-state index is 0.0978. The minimum Gasteiger partial charge on any atom is -0.550 e. The molecule has 1 atom stereocenters. The van der Waals surface area contributed by atoms with Gasteiger partial charge in [-0.05, 0) is 36.1 Å². The molecule has 28 heavy (non-hydrogen) atoms. The fourth-order valence-electron chi connectivity index (χ4n) is 3.42. The van der Waals surface area contributed by atoms with Crippen LogP contribution in [0.25, 0.3) is 0 Å². The number of ether oxygens (including phenoxy) is 2. The third-order valence-electron chi connectivity index (χ3n) is 4.83. The van der Waals surface area contributed by atoms with Gasteiger partial charge >= 0.3 is 0 Å². The molecule has 2 heterocycles. The molecule has 0 aromatic heterocycles. The molecule has 2 aromatic carbocycles. The number of hydrogen-bond donors (Lipinski definition) is 0. The molecule has 1 unspecified atom stereocenters. The molecule has 4 rings (SSSR count). The van der Waals surface area contributed by atoms with Gasteiger partial charge in [-0.15, -0.1) is 0 Å². The summed E-state index contributed by atoms with van der Waals surface area (Å²) in [4.78, 5) is 23.4. The van der Waals surface area contributed by atoms with Crippen molar-refractivity contribution in [3.63, 3.8) is 0 Å². The Hall–Kier alpha value is -3.35. The van der Waals surface area contributed by atoms with Crippen molar-refractivity contribution >= 4 is 17.6 Å². The Morgan fingerprint density at radius 3 is 2.64 bits per heavy atom. The number of hydrogen-bond acceptors (Lipinski definition) is 6. The van der Waals surface area contributed by atoms with Crippen molar-refractivity contribution in [1.82, 2.24) is 5.01 Å². The molecule has 0 radical (unpaired) electrons. The largest absolute Gasteiger partial charge is 0.550 e. The lowest BCUT2D eigenvalue weighted by atomic mass is 9.98. The summed E-state index contributed by atoms with van der Waals surface area (Å²) in [6.07, 6.45) is 0.738. The number of benzene rings is 2. The Kier molecular flexibility index (Phi) is 4.97. The first-order valence-corrected chi connectivity index (χ1v) is 9.16. The van der Waals surface area contributed by atoms with Gasteiger partial charge in [0.15, 0.2) is 11.5 Å². The molecule has 0 N–H and O–H groups in total. The van der Waals surface area contributed by atoms with Crippen LogP contribution in [0.5, 0.6) is 11.5 Å². The van der Waals surface area contributed by atoms with Crippen LogP contribution in [0.2, 0.25) is 0 Å². The van der Waals surface area contributed by atoms with E-state index in [1.54, 1.807) is 0 Å². The Labute approximate surface area is 162 Å². The van der Waals surface area contributed by atoms with Crippen molar-refractivity contribution in [3.8, 4) is 11.5 Å². The zero-order valence-electron chi connectivity index (χ0n) is 15.2. The van der Waals surface area contributed by atoms with Gasteiger partial charge in [0.25, 0.3) is 0 Å². The van der Waals surface area contributed by atoms with Gasteiger partial charge in [-0.25, -0.2) is 5.01 Å². The number of rotatable bonds is 6. The van der Waals surface area contributed by atoms with Crippen LogP contribution in [-0.4, -0.2) is 29.4 Å². The highest BCUT2D eigenvalue weighted by molar-refractivity contribution is 6.03. The summed E-state index contributed by atoms with van der Waals surface area (Å²) in [6.45, 7) is 0.182. The molecule has 0 saturated carbocycles. The van der Waals surface area contributed by atoms with E-state index in [-0.39, 0.29) is 38.0 Å². The maximum absolute atomic E-state index is 12.8. The third kappa shape index (κ3) is 3.69. The lowest BCUT2D eigenvalue weighted by molar-refractivity contribution is -0.305. The highest BCUT2D eigenvalue weighted by Gasteiger charge is 2.33. The number of fused-ring (bicyclic) bond motifs is 1. The predicted molar refractivity (Wildman–Crippen MR) is 98.6 cm³/mol. The van der Waals surface area contributed by atoms with Gasteiger partial charge < -0.3 is 19.4 Å². The van der Waals surface area contributed by atoms with Crippen LogP contribution in [0.4, 0.5) is 0 Å². The van der Waals surface area contributed by atoms with Crippen LogP contribution in [-0.2, 0) is 9.59 Å². The number of carboxylic acids is 1. The second kappa shape index (κ2) is 7.72. The van der Waals surface area contributed by atoms with Crippen molar-refractivity contribution in [3.05, 3.63) is 59.7 Å². The number of carbonyl (C=O) groups excluding carboxylic acids is 2. The molecule has 1 amide bonds. The van der Waals surface area contributed by atoms with Gasteiger partial charge in [-0.1, -0.05) is 36.4 Å². The van der Waals surface area contributed by atoms with Crippen LogP contribution >= 0.6 is 0 Å².